The van der Waals surface area contributed by atoms with Gasteiger partial charge in [-0.25, -0.2) is 4.98 Å². The maximum atomic E-state index is 12.8. The van der Waals surface area contributed by atoms with E-state index in [9.17, 15) is 26.3 Å². The van der Waals surface area contributed by atoms with Crippen molar-refractivity contribution in [1.29, 1.82) is 0 Å². The molecule has 0 fully saturated rings. The van der Waals surface area contributed by atoms with Gasteiger partial charge in [-0.15, -0.1) is 0 Å². The van der Waals surface area contributed by atoms with Crippen molar-refractivity contribution in [3.05, 3.63) is 41.1 Å². The fourth-order valence-corrected chi connectivity index (χ4v) is 1.75. The van der Waals surface area contributed by atoms with Crippen LogP contribution in [0, 0.1) is 6.92 Å². The highest BCUT2D eigenvalue weighted by Gasteiger charge is 2.43. The Labute approximate surface area is 126 Å². The van der Waals surface area contributed by atoms with Gasteiger partial charge in [-0.1, -0.05) is 0 Å². The van der Waals surface area contributed by atoms with Crippen LogP contribution in [-0.4, -0.2) is 9.97 Å². The number of nitrogens with one attached hydrogen (secondary N) is 1. The molecule has 0 radical (unpaired) electrons. The van der Waals surface area contributed by atoms with E-state index in [1.807, 2.05) is 0 Å². The van der Waals surface area contributed by atoms with Crippen LogP contribution >= 0.6 is 0 Å². The number of halogens is 6. The smallest absolute Gasteiger partial charge is 0.383 e. The topological polar surface area (TPSA) is 63.8 Å². The van der Waals surface area contributed by atoms with Gasteiger partial charge in [-0.2, -0.15) is 31.3 Å². The molecule has 2 rings (SSSR count). The maximum Gasteiger partial charge on any atom is 0.417 e. The van der Waals surface area contributed by atoms with Gasteiger partial charge in [-0.3, -0.25) is 0 Å². The summed E-state index contributed by atoms with van der Waals surface area (Å²) < 4.78 is 76.5. The average Bonchev–Trinajstić information content (AvgIpc) is 2.41. The standard InChI is InChI=1S/C13H10F6N4/c1-6-5-21-11(23-10(6)20)22-7-2-3-8(12(14,15)16)9(4-7)13(17,18)19/h2-5H,1H3,(H3,20,21,22,23). The first-order chi connectivity index (χ1) is 10.5. The third-order valence-electron chi connectivity index (χ3n) is 2.90. The van der Waals surface area contributed by atoms with Crippen molar-refractivity contribution in [2.24, 2.45) is 0 Å². The van der Waals surface area contributed by atoms with Gasteiger partial charge in [0.1, 0.15) is 5.82 Å². The highest BCUT2D eigenvalue weighted by molar-refractivity contribution is 5.58. The quantitative estimate of drug-likeness (QED) is 0.809. The number of nitrogens with two attached hydrogens (primary N) is 1. The Balaban J connectivity index is 2.43. The Morgan fingerprint density at radius 3 is 2.13 bits per heavy atom. The Morgan fingerprint density at radius 2 is 1.61 bits per heavy atom. The summed E-state index contributed by atoms with van der Waals surface area (Å²) in [5.41, 5.74) is 2.29. The van der Waals surface area contributed by atoms with Crippen LogP contribution in [0.15, 0.2) is 24.4 Å². The molecule has 1 aromatic heterocycles. The molecule has 1 aromatic carbocycles. The zero-order valence-electron chi connectivity index (χ0n) is 11.5. The summed E-state index contributed by atoms with van der Waals surface area (Å²) in [6.45, 7) is 1.62. The Kier molecular flexibility index (Phi) is 4.10. The third kappa shape index (κ3) is 3.82. The first kappa shape index (κ1) is 16.8. The van der Waals surface area contributed by atoms with Crippen LogP contribution in [0.2, 0.25) is 0 Å². The number of nitrogens with zero attached hydrogens (tertiary/aromatic N) is 2. The number of hydrogen-bond donors (Lipinski definition) is 2. The molecule has 0 aliphatic carbocycles. The predicted octanol–water partition coefficient (Wildman–Crippen LogP) is 4.15. The molecule has 3 N–H and O–H groups in total. The number of aryl methyl sites for hydroxylation is 1. The van der Waals surface area contributed by atoms with Crippen LogP contribution in [0.3, 0.4) is 0 Å². The third-order valence-corrected chi connectivity index (χ3v) is 2.90. The van der Waals surface area contributed by atoms with Crippen molar-refractivity contribution in [3.63, 3.8) is 0 Å². The van der Waals surface area contributed by atoms with Gasteiger partial charge in [0.15, 0.2) is 0 Å². The van der Waals surface area contributed by atoms with E-state index in [4.69, 9.17) is 5.73 Å². The van der Waals surface area contributed by atoms with Gasteiger partial charge in [-0.05, 0) is 25.1 Å². The second-order valence-electron chi connectivity index (χ2n) is 4.64. The normalized spacial score (nSPS) is 12.3. The van der Waals surface area contributed by atoms with Crippen molar-refractivity contribution in [2.75, 3.05) is 11.1 Å². The lowest BCUT2D eigenvalue weighted by molar-refractivity contribution is -0.162. The van der Waals surface area contributed by atoms with Crippen LogP contribution in [0.5, 0.6) is 0 Å². The van der Waals surface area contributed by atoms with Gasteiger partial charge >= 0.3 is 12.4 Å². The van der Waals surface area contributed by atoms with Gasteiger partial charge < -0.3 is 11.1 Å². The summed E-state index contributed by atoms with van der Waals surface area (Å²) >= 11 is 0. The van der Waals surface area contributed by atoms with E-state index in [0.717, 1.165) is 6.07 Å². The summed E-state index contributed by atoms with van der Waals surface area (Å²) in [4.78, 5) is 7.57. The van der Waals surface area contributed by atoms with E-state index in [-0.39, 0.29) is 17.5 Å². The van der Waals surface area contributed by atoms with Crippen molar-refractivity contribution >= 4 is 17.5 Å². The van der Waals surface area contributed by atoms with Crippen molar-refractivity contribution < 1.29 is 26.3 Å². The second-order valence-corrected chi connectivity index (χ2v) is 4.64. The summed E-state index contributed by atoms with van der Waals surface area (Å²) in [5.74, 6) is -0.0218. The molecule has 0 unspecified atom stereocenters. The Morgan fingerprint density at radius 1 is 1.00 bits per heavy atom. The van der Waals surface area contributed by atoms with Crippen molar-refractivity contribution in [2.45, 2.75) is 19.3 Å². The molecule has 0 amide bonds. The lowest BCUT2D eigenvalue weighted by Gasteiger charge is -2.17. The molecular formula is C13H10F6N4. The fraction of sp³-hybridized carbons (Fsp3) is 0.231. The van der Waals surface area contributed by atoms with E-state index in [1.54, 1.807) is 6.92 Å². The summed E-state index contributed by atoms with van der Waals surface area (Å²) in [7, 11) is 0. The van der Waals surface area contributed by atoms with Gasteiger partial charge in [0, 0.05) is 17.4 Å². The first-order valence-corrected chi connectivity index (χ1v) is 6.13. The molecule has 124 valence electrons. The lowest BCUT2D eigenvalue weighted by atomic mass is 10.1. The first-order valence-electron chi connectivity index (χ1n) is 6.13. The molecule has 10 heteroatoms. The minimum Gasteiger partial charge on any atom is -0.383 e. The Bertz CT molecular complexity index is 723. The molecule has 0 saturated heterocycles. The Hall–Kier alpha value is -2.52. The van der Waals surface area contributed by atoms with Gasteiger partial charge in [0.25, 0.3) is 0 Å². The largest absolute Gasteiger partial charge is 0.417 e. The number of anilines is 3. The molecule has 0 aliphatic rings. The average molecular weight is 336 g/mol. The highest BCUT2D eigenvalue weighted by Crippen LogP contribution is 2.41. The fourth-order valence-electron chi connectivity index (χ4n) is 1.75. The number of rotatable bonds is 2. The zero-order chi connectivity index (χ0) is 17.4. The molecule has 0 saturated carbocycles. The van der Waals surface area contributed by atoms with Crippen molar-refractivity contribution in [3.8, 4) is 0 Å². The summed E-state index contributed by atoms with van der Waals surface area (Å²) in [6.07, 6.45) is -8.94. The molecule has 23 heavy (non-hydrogen) atoms. The number of aromatic nitrogens is 2. The lowest BCUT2D eigenvalue weighted by Crippen LogP contribution is -2.16. The van der Waals surface area contributed by atoms with E-state index in [1.165, 1.54) is 6.20 Å². The molecule has 4 nitrogen and oxygen atoms in total. The monoisotopic (exact) mass is 336 g/mol. The number of nitrogen functional groups attached to an aromatic ring is 1. The molecule has 2 aromatic rings. The molecule has 0 atom stereocenters. The van der Waals surface area contributed by atoms with Crippen LogP contribution in [0.25, 0.3) is 0 Å². The molecule has 1 heterocycles. The predicted molar refractivity (Wildman–Crippen MR) is 70.9 cm³/mol. The van der Waals surface area contributed by atoms with Crippen molar-refractivity contribution in [1.82, 2.24) is 9.97 Å². The van der Waals surface area contributed by atoms with E-state index < -0.39 is 23.5 Å². The van der Waals surface area contributed by atoms with Crippen LogP contribution in [-0.2, 0) is 12.4 Å². The molecule has 0 aliphatic heterocycles. The second kappa shape index (κ2) is 5.60. The molecule has 0 spiro atoms. The van der Waals surface area contributed by atoms with Crippen LogP contribution in [0.4, 0.5) is 43.8 Å². The maximum absolute atomic E-state index is 12.8. The van der Waals surface area contributed by atoms with Crippen LogP contribution in [0.1, 0.15) is 16.7 Å². The van der Waals surface area contributed by atoms with E-state index in [0.29, 0.717) is 17.7 Å². The van der Waals surface area contributed by atoms with Gasteiger partial charge in [0.05, 0.1) is 11.1 Å². The molecule has 0 bridgehead atoms. The minimum absolute atomic E-state index is 0.102. The van der Waals surface area contributed by atoms with Gasteiger partial charge in [0.2, 0.25) is 5.95 Å². The number of hydrogen-bond acceptors (Lipinski definition) is 4. The van der Waals surface area contributed by atoms with E-state index >= 15 is 0 Å². The minimum atomic E-state index is -5.16. The van der Waals surface area contributed by atoms with Crippen LogP contribution < -0.4 is 11.1 Å². The number of benzene rings is 1. The SMILES string of the molecule is Cc1cnc(Nc2ccc(C(F)(F)F)c(C(F)(F)F)c2)nc1N. The number of alkyl halides is 6. The van der Waals surface area contributed by atoms with E-state index in [2.05, 4.69) is 15.3 Å². The summed E-state index contributed by atoms with van der Waals surface area (Å²) in [5, 5.41) is 2.39. The highest BCUT2D eigenvalue weighted by atomic mass is 19.4. The zero-order valence-corrected chi connectivity index (χ0v) is 11.5. The summed E-state index contributed by atoms with van der Waals surface area (Å²) in [6, 6.07) is 1.56. The molecular weight excluding hydrogens is 326 g/mol.